The first kappa shape index (κ1) is 23.2. The monoisotopic (exact) mass is 402 g/mol. The molecule has 7 heteroatoms. The lowest BCUT2D eigenvalue weighted by atomic mass is 10.1. The summed E-state index contributed by atoms with van der Waals surface area (Å²) in [5.41, 5.74) is 2.73. The average Bonchev–Trinajstić information content (AvgIpc) is 2.62. The van der Waals surface area contributed by atoms with Gasteiger partial charge in [-0.2, -0.15) is 0 Å². The number of rotatable bonds is 5. The second-order valence-electron chi connectivity index (χ2n) is 6.99. The molecule has 26 heavy (non-hydrogen) atoms. The number of aryl methyl sites for hydroxylation is 1. The number of hydrogen-bond donors (Lipinski definition) is 1. The second-order valence-corrected chi connectivity index (χ2v) is 6.99. The Balaban J connectivity index is 0.00000169. The molecule has 2 aliphatic heterocycles. The molecule has 0 atom stereocenters. The van der Waals surface area contributed by atoms with Crippen LogP contribution in [0.4, 0.5) is 0 Å². The molecule has 0 spiro atoms. The highest BCUT2D eigenvalue weighted by Crippen LogP contribution is 2.11. The Labute approximate surface area is 169 Å². The Hall–Kier alpha value is -0.850. The van der Waals surface area contributed by atoms with E-state index in [1.165, 1.54) is 11.1 Å². The molecule has 0 bridgehead atoms. The summed E-state index contributed by atoms with van der Waals surface area (Å²) in [6.45, 7) is 12.0. The zero-order chi connectivity index (χ0) is 16.8. The number of piperazine rings is 2. The van der Waals surface area contributed by atoms with Crippen LogP contribution < -0.4 is 5.32 Å². The zero-order valence-corrected chi connectivity index (χ0v) is 17.3. The maximum Gasteiger partial charge on any atom is 0.223 e. The van der Waals surface area contributed by atoms with E-state index in [4.69, 9.17) is 0 Å². The van der Waals surface area contributed by atoms with Crippen LogP contribution in [0.2, 0.25) is 0 Å². The molecule has 0 saturated carbocycles. The third kappa shape index (κ3) is 7.05. The highest BCUT2D eigenvalue weighted by Gasteiger charge is 2.20. The van der Waals surface area contributed by atoms with E-state index >= 15 is 0 Å². The van der Waals surface area contributed by atoms with Crippen molar-refractivity contribution >= 4 is 30.7 Å². The van der Waals surface area contributed by atoms with Gasteiger partial charge in [0, 0.05) is 71.9 Å². The van der Waals surface area contributed by atoms with E-state index in [1.807, 2.05) is 4.90 Å². The Morgan fingerprint density at radius 3 is 2.31 bits per heavy atom. The van der Waals surface area contributed by atoms with Gasteiger partial charge in [-0.3, -0.25) is 9.69 Å². The van der Waals surface area contributed by atoms with Gasteiger partial charge < -0.3 is 15.1 Å². The van der Waals surface area contributed by atoms with Gasteiger partial charge in [0.1, 0.15) is 0 Å². The highest BCUT2D eigenvalue weighted by molar-refractivity contribution is 5.85. The summed E-state index contributed by atoms with van der Waals surface area (Å²) in [4.78, 5) is 19.2. The van der Waals surface area contributed by atoms with Crippen molar-refractivity contribution in [2.75, 3.05) is 58.9 Å². The fraction of sp³-hybridized carbons (Fsp3) is 0.632. The quantitative estimate of drug-likeness (QED) is 0.814. The predicted molar refractivity (Wildman–Crippen MR) is 111 cm³/mol. The lowest BCUT2D eigenvalue weighted by Gasteiger charge is -2.35. The van der Waals surface area contributed by atoms with Gasteiger partial charge in [-0.1, -0.05) is 29.8 Å². The van der Waals surface area contributed by atoms with Crippen molar-refractivity contribution in [3.63, 3.8) is 0 Å². The molecule has 3 rings (SSSR count). The number of carbonyl (C=O) groups excluding carboxylic acids is 1. The van der Waals surface area contributed by atoms with Crippen molar-refractivity contribution in [1.29, 1.82) is 0 Å². The Kier molecular flexibility index (Phi) is 10.5. The fourth-order valence-corrected chi connectivity index (χ4v) is 3.57. The van der Waals surface area contributed by atoms with Crippen LogP contribution in [0.15, 0.2) is 24.3 Å². The van der Waals surface area contributed by atoms with Crippen molar-refractivity contribution in [3.8, 4) is 0 Å². The molecular formula is C19H32Cl2N4O. The molecule has 1 aromatic carbocycles. The first-order chi connectivity index (χ1) is 11.7. The van der Waals surface area contributed by atoms with Gasteiger partial charge in [-0.05, 0) is 12.5 Å². The lowest BCUT2D eigenvalue weighted by Crippen LogP contribution is -2.49. The largest absolute Gasteiger partial charge is 0.340 e. The van der Waals surface area contributed by atoms with E-state index in [-0.39, 0.29) is 24.8 Å². The van der Waals surface area contributed by atoms with Crippen LogP contribution in [0.1, 0.15) is 17.5 Å². The predicted octanol–water partition coefficient (Wildman–Crippen LogP) is 1.78. The summed E-state index contributed by atoms with van der Waals surface area (Å²) >= 11 is 0. The first-order valence-electron chi connectivity index (χ1n) is 9.19. The standard InChI is InChI=1S/C19H30N4O.2ClH/c1-17-3-2-4-18(15-17)16-22-13-11-21(12-14-22)8-5-19(24)23-9-6-20-7-10-23;;/h2-4,15,20H,5-14,16H2,1H3;2*1H. The molecule has 5 nitrogen and oxygen atoms in total. The van der Waals surface area contributed by atoms with E-state index in [2.05, 4.69) is 46.3 Å². The lowest BCUT2D eigenvalue weighted by molar-refractivity contribution is -0.132. The van der Waals surface area contributed by atoms with Gasteiger partial charge in [0.25, 0.3) is 0 Å². The highest BCUT2D eigenvalue weighted by atomic mass is 35.5. The van der Waals surface area contributed by atoms with Crippen LogP contribution >= 0.6 is 24.8 Å². The number of amides is 1. The van der Waals surface area contributed by atoms with Crippen molar-refractivity contribution in [2.45, 2.75) is 19.9 Å². The summed E-state index contributed by atoms with van der Waals surface area (Å²) in [7, 11) is 0. The molecule has 148 valence electrons. The Morgan fingerprint density at radius 2 is 1.65 bits per heavy atom. The summed E-state index contributed by atoms with van der Waals surface area (Å²) < 4.78 is 0. The van der Waals surface area contributed by atoms with Crippen LogP contribution in [0, 0.1) is 6.92 Å². The summed E-state index contributed by atoms with van der Waals surface area (Å²) in [6, 6.07) is 8.78. The smallest absolute Gasteiger partial charge is 0.223 e. The number of nitrogens with one attached hydrogen (secondary N) is 1. The van der Waals surface area contributed by atoms with Crippen molar-refractivity contribution in [2.24, 2.45) is 0 Å². The summed E-state index contributed by atoms with van der Waals surface area (Å²) in [5.74, 6) is 0.318. The van der Waals surface area contributed by atoms with E-state index in [0.29, 0.717) is 12.3 Å². The minimum Gasteiger partial charge on any atom is -0.340 e. The minimum atomic E-state index is 0. The molecular weight excluding hydrogens is 371 g/mol. The van der Waals surface area contributed by atoms with Crippen LogP contribution in [0.3, 0.4) is 0 Å². The SMILES string of the molecule is Cc1cccc(CN2CCN(CCC(=O)N3CCNCC3)CC2)c1.Cl.Cl. The van der Waals surface area contributed by atoms with Gasteiger partial charge in [0.05, 0.1) is 0 Å². The third-order valence-corrected chi connectivity index (χ3v) is 5.07. The molecule has 0 radical (unpaired) electrons. The van der Waals surface area contributed by atoms with Gasteiger partial charge in [0.2, 0.25) is 5.91 Å². The second kappa shape index (κ2) is 11.8. The molecule has 2 heterocycles. The van der Waals surface area contributed by atoms with Crippen LogP contribution in [0.25, 0.3) is 0 Å². The van der Waals surface area contributed by atoms with Crippen LogP contribution in [-0.4, -0.2) is 79.5 Å². The third-order valence-electron chi connectivity index (χ3n) is 5.07. The summed E-state index contributed by atoms with van der Waals surface area (Å²) in [5, 5.41) is 3.29. The van der Waals surface area contributed by atoms with Crippen molar-refractivity contribution in [1.82, 2.24) is 20.0 Å². The van der Waals surface area contributed by atoms with Crippen LogP contribution in [-0.2, 0) is 11.3 Å². The molecule has 0 unspecified atom stereocenters. The number of carbonyl (C=O) groups is 1. The minimum absolute atomic E-state index is 0. The molecule has 0 aromatic heterocycles. The number of hydrogen-bond acceptors (Lipinski definition) is 4. The zero-order valence-electron chi connectivity index (χ0n) is 15.7. The Morgan fingerprint density at radius 1 is 1.00 bits per heavy atom. The first-order valence-corrected chi connectivity index (χ1v) is 9.19. The van der Waals surface area contributed by atoms with Gasteiger partial charge in [0.15, 0.2) is 0 Å². The van der Waals surface area contributed by atoms with E-state index in [9.17, 15) is 4.79 Å². The fourth-order valence-electron chi connectivity index (χ4n) is 3.57. The molecule has 1 amide bonds. The van der Waals surface area contributed by atoms with Crippen LogP contribution in [0.5, 0.6) is 0 Å². The van der Waals surface area contributed by atoms with E-state index < -0.39 is 0 Å². The molecule has 1 aromatic rings. The number of nitrogens with zero attached hydrogens (tertiary/aromatic N) is 3. The molecule has 1 N–H and O–H groups in total. The number of benzene rings is 1. The van der Waals surface area contributed by atoms with Gasteiger partial charge >= 0.3 is 0 Å². The van der Waals surface area contributed by atoms with Crippen molar-refractivity contribution in [3.05, 3.63) is 35.4 Å². The molecule has 2 fully saturated rings. The maximum atomic E-state index is 12.2. The molecule has 0 aliphatic carbocycles. The van der Waals surface area contributed by atoms with E-state index in [0.717, 1.165) is 65.4 Å². The normalized spacial score (nSPS) is 18.7. The average molecular weight is 403 g/mol. The van der Waals surface area contributed by atoms with Gasteiger partial charge in [-0.25, -0.2) is 0 Å². The van der Waals surface area contributed by atoms with Crippen molar-refractivity contribution < 1.29 is 4.79 Å². The van der Waals surface area contributed by atoms with E-state index in [1.54, 1.807) is 0 Å². The molecule has 2 aliphatic rings. The topological polar surface area (TPSA) is 38.8 Å². The molecule has 2 saturated heterocycles. The summed E-state index contributed by atoms with van der Waals surface area (Å²) in [6.07, 6.45) is 0.665. The maximum absolute atomic E-state index is 12.2. The Bertz CT molecular complexity index is 544. The van der Waals surface area contributed by atoms with Gasteiger partial charge in [-0.15, -0.1) is 24.8 Å². The number of halogens is 2.